The molecule has 3 aromatic rings. The fourth-order valence-corrected chi connectivity index (χ4v) is 3.93. The Morgan fingerprint density at radius 1 is 1.15 bits per heavy atom. The van der Waals surface area contributed by atoms with Crippen LogP contribution < -0.4 is 4.90 Å². The second-order valence-electron chi connectivity index (χ2n) is 5.85. The molecule has 4 rings (SSSR count). The highest BCUT2D eigenvalue weighted by Crippen LogP contribution is 2.35. The Labute approximate surface area is 152 Å². The maximum absolute atomic E-state index is 12.7. The van der Waals surface area contributed by atoms with E-state index in [4.69, 9.17) is 4.74 Å². The van der Waals surface area contributed by atoms with Crippen LogP contribution in [0, 0.1) is 6.61 Å². The molecule has 1 saturated heterocycles. The van der Waals surface area contributed by atoms with Gasteiger partial charge in [0.1, 0.15) is 12.0 Å². The first-order chi connectivity index (χ1) is 12.5. The van der Waals surface area contributed by atoms with Crippen molar-refractivity contribution in [1.29, 1.82) is 0 Å². The van der Waals surface area contributed by atoms with Crippen molar-refractivity contribution in [2.45, 2.75) is 16.4 Å². The standard InChI is InChI=1S/C18H15F3N3OS/c19-18(20,21)12-1-4-14(5-2-12)26-17-10-25-8-7-24(17)13-3-6-15-16(9-13)23-11-22-15/h1-6,8-9,11,17H,7,10H2,(H,22,23). The lowest BCUT2D eigenvalue weighted by Gasteiger charge is -2.36. The molecular formula is C18H15F3N3OS. The third-order valence-corrected chi connectivity index (χ3v) is 5.37. The van der Waals surface area contributed by atoms with Crippen LogP contribution in [0.4, 0.5) is 18.9 Å². The molecule has 1 aliphatic rings. The predicted octanol–water partition coefficient (Wildman–Crippen LogP) is 4.70. The Balaban J connectivity index is 1.55. The molecule has 1 fully saturated rings. The van der Waals surface area contributed by atoms with E-state index in [0.29, 0.717) is 13.2 Å². The molecule has 0 saturated carbocycles. The lowest BCUT2D eigenvalue weighted by Crippen LogP contribution is -2.41. The van der Waals surface area contributed by atoms with Crippen LogP contribution in [-0.2, 0) is 10.9 Å². The number of H-pyrrole nitrogens is 1. The topological polar surface area (TPSA) is 41.1 Å². The molecular weight excluding hydrogens is 363 g/mol. The molecule has 2 aromatic carbocycles. The third-order valence-electron chi connectivity index (χ3n) is 4.17. The number of rotatable bonds is 3. The Morgan fingerprint density at radius 3 is 2.73 bits per heavy atom. The number of aromatic nitrogens is 2. The van der Waals surface area contributed by atoms with Gasteiger partial charge in [0.05, 0.1) is 29.5 Å². The highest BCUT2D eigenvalue weighted by Gasteiger charge is 2.30. The van der Waals surface area contributed by atoms with Gasteiger partial charge in [-0.05, 0) is 42.5 Å². The van der Waals surface area contributed by atoms with Crippen LogP contribution in [0.1, 0.15) is 5.56 Å². The van der Waals surface area contributed by atoms with Gasteiger partial charge in [0.2, 0.25) is 0 Å². The van der Waals surface area contributed by atoms with Crippen LogP contribution in [0.3, 0.4) is 0 Å². The second-order valence-corrected chi connectivity index (χ2v) is 7.10. The average molecular weight is 378 g/mol. The Bertz CT molecular complexity index is 895. The van der Waals surface area contributed by atoms with Crippen LogP contribution in [0.15, 0.2) is 53.7 Å². The van der Waals surface area contributed by atoms with Gasteiger partial charge < -0.3 is 14.6 Å². The van der Waals surface area contributed by atoms with Gasteiger partial charge in [-0.1, -0.05) is 11.8 Å². The molecule has 2 heterocycles. The summed E-state index contributed by atoms with van der Waals surface area (Å²) in [5.74, 6) is 0. The first kappa shape index (κ1) is 17.2. The molecule has 26 heavy (non-hydrogen) atoms. The molecule has 1 aromatic heterocycles. The van der Waals surface area contributed by atoms with E-state index in [0.717, 1.165) is 33.7 Å². The Morgan fingerprint density at radius 2 is 1.96 bits per heavy atom. The first-order valence-electron chi connectivity index (χ1n) is 7.98. The van der Waals surface area contributed by atoms with E-state index in [2.05, 4.69) is 14.9 Å². The summed E-state index contributed by atoms with van der Waals surface area (Å²) >= 11 is 1.48. The minimum atomic E-state index is -4.32. The highest BCUT2D eigenvalue weighted by molar-refractivity contribution is 8.00. The number of nitrogens with one attached hydrogen (secondary N) is 1. The molecule has 0 amide bonds. The van der Waals surface area contributed by atoms with Crippen molar-refractivity contribution in [3.63, 3.8) is 0 Å². The molecule has 0 spiro atoms. The van der Waals surface area contributed by atoms with Crippen LogP contribution in [0.5, 0.6) is 0 Å². The monoisotopic (exact) mass is 378 g/mol. The van der Waals surface area contributed by atoms with Crippen molar-refractivity contribution in [3.8, 4) is 0 Å². The number of anilines is 1. The number of fused-ring (bicyclic) bond motifs is 1. The van der Waals surface area contributed by atoms with E-state index in [1.54, 1.807) is 12.9 Å². The summed E-state index contributed by atoms with van der Waals surface area (Å²) in [5.41, 5.74) is 2.18. The van der Waals surface area contributed by atoms with Gasteiger partial charge in [0.25, 0.3) is 0 Å². The van der Waals surface area contributed by atoms with Crippen molar-refractivity contribution < 1.29 is 17.9 Å². The number of benzene rings is 2. The zero-order chi connectivity index (χ0) is 18.1. The number of imidazole rings is 1. The molecule has 1 radical (unpaired) electrons. The van der Waals surface area contributed by atoms with Crippen LogP contribution in [-0.4, -0.2) is 28.5 Å². The highest BCUT2D eigenvalue weighted by atomic mass is 32.2. The summed E-state index contributed by atoms with van der Waals surface area (Å²) in [4.78, 5) is 10.3. The molecule has 4 nitrogen and oxygen atoms in total. The normalized spacial score (nSPS) is 18.4. The van der Waals surface area contributed by atoms with Crippen molar-refractivity contribution in [3.05, 3.63) is 61.0 Å². The predicted molar refractivity (Wildman–Crippen MR) is 94.8 cm³/mol. The van der Waals surface area contributed by atoms with Gasteiger partial charge in [-0.25, -0.2) is 4.98 Å². The minimum absolute atomic E-state index is 0.0480. The summed E-state index contributed by atoms with van der Waals surface area (Å²) in [6, 6.07) is 11.2. The lowest BCUT2D eigenvalue weighted by atomic mass is 10.2. The van der Waals surface area contributed by atoms with Crippen molar-refractivity contribution in [2.75, 3.05) is 18.1 Å². The molecule has 135 valence electrons. The summed E-state index contributed by atoms with van der Waals surface area (Å²) in [5, 5.41) is -0.0480. The number of hydrogen-bond acceptors (Lipinski definition) is 4. The number of thioether (sulfide) groups is 1. The van der Waals surface area contributed by atoms with E-state index in [9.17, 15) is 13.2 Å². The van der Waals surface area contributed by atoms with Crippen LogP contribution in [0.2, 0.25) is 0 Å². The summed E-state index contributed by atoms with van der Waals surface area (Å²) in [7, 11) is 0. The molecule has 1 atom stereocenters. The number of morpholine rings is 1. The van der Waals surface area contributed by atoms with Crippen LogP contribution in [0.25, 0.3) is 11.0 Å². The van der Waals surface area contributed by atoms with Gasteiger partial charge in [0, 0.05) is 17.1 Å². The average Bonchev–Trinajstić information content (AvgIpc) is 3.09. The Kier molecular flexibility index (Phi) is 4.54. The Hall–Kier alpha value is -2.19. The van der Waals surface area contributed by atoms with Crippen molar-refractivity contribution in [1.82, 2.24) is 9.97 Å². The number of halogens is 3. The van der Waals surface area contributed by atoms with Gasteiger partial charge in [-0.2, -0.15) is 13.2 Å². The molecule has 1 aliphatic heterocycles. The molecule has 1 unspecified atom stereocenters. The third kappa shape index (κ3) is 3.52. The van der Waals surface area contributed by atoms with E-state index in [-0.39, 0.29) is 5.37 Å². The number of hydrogen-bond donors (Lipinski definition) is 1. The maximum atomic E-state index is 12.7. The lowest BCUT2D eigenvalue weighted by molar-refractivity contribution is -0.137. The number of alkyl halides is 3. The molecule has 0 aliphatic carbocycles. The molecule has 1 N–H and O–H groups in total. The van der Waals surface area contributed by atoms with E-state index in [1.165, 1.54) is 23.9 Å². The van der Waals surface area contributed by atoms with Gasteiger partial charge in [0.15, 0.2) is 0 Å². The molecule has 0 bridgehead atoms. The number of nitrogens with zero attached hydrogens (tertiary/aromatic N) is 2. The number of aromatic amines is 1. The first-order valence-corrected chi connectivity index (χ1v) is 8.86. The van der Waals surface area contributed by atoms with Crippen LogP contribution >= 0.6 is 11.8 Å². The van der Waals surface area contributed by atoms with Gasteiger partial charge in [-0.3, -0.25) is 0 Å². The van der Waals surface area contributed by atoms with E-state index in [1.807, 2.05) is 18.2 Å². The largest absolute Gasteiger partial charge is 0.416 e. The quantitative estimate of drug-likeness (QED) is 0.717. The fraction of sp³-hybridized carbons (Fsp3) is 0.222. The zero-order valence-electron chi connectivity index (χ0n) is 13.5. The van der Waals surface area contributed by atoms with Gasteiger partial charge >= 0.3 is 6.18 Å². The molecule has 8 heteroatoms. The minimum Gasteiger partial charge on any atom is -0.371 e. The van der Waals surface area contributed by atoms with Crippen molar-refractivity contribution in [2.24, 2.45) is 0 Å². The van der Waals surface area contributed by atoms with E-state index >= 15 is 0 Å². The van der Waals surface area contributed by atoms with E-state index < -0.39 is 11.7 Å². The zero-order valence-corrected chi connectivity index (χ0v) is 14.3. The fourth-order valence-electron chi connectivity index (χ4n) is 2.84. The summed E-state index contributed by atoms with van der Waals surface area (Å²) < 4.78 is 43.6. The number of ether oxygens (including phenoxy) is 1. The van der Waals surface area contributed by atoms with Crippen molar-refractivity contribution >= 4 is 28.5 Å². The maximum Gasteiger partial charge on any atom is 0.416 e. The van der Waals surface area contributed by atoms with Gasteiger partial charge in [-0.15, -0.1) is 0 Å². The SMILES string of the molecule is FC(F)(F)c1ccc(SC2CO[CH]CN2c2ccc3[nH]cnc3c2)cc1. The smallest absolute Gasteiger partial charge is 0.371 e. The second kappa shape index (κ2) is 6.85. The summed E-state index contributed by atoms with van der Waals surface area (Å²) in [6.45, 7) is 2.77. The summed E-state index contributed by atoms with van der Waals surface area (Å²) in [6.07, 6.45) is -2.68.